The van der Waals surface area contributed by atoms with Crippen LogP contribution in [0.5, 0.6) is 11.5 Å². The maximum atomic E-state index is 9.28. The van der Waals surface area contributed by atoms with Gasteiger partial charge < -0.3 is 9.84 Å². The molecule has 0 fully saturated rings. The summed E-state index contributed by atoms with van der Waals surface area (Å²) in [6.07, 6.45) is 6.58. The molecule has 0 amide bonds. The van der Waals surface area contributed by atoms with Crippen LogP contribution in [0.15, 0.2) is 30.4 Å². The normalized spacial score (nSPS) is 15.8. The van der Waals surface area contributed by atoms with Crippen LogP contribution in [0.1, 0.15) is 12.8 Å². The summed E-state index contributed by atoms with van der Waals surface area (Å²) in [7, 11) is 0. The van der Waals surface area contributed by atoms with Crippen molar-refractivity contribution in [1.29, 1.82) is 0 Å². The molecule has 0 aromatic heterocycles. The Morgan fingerprint density at radius 1 is 1.33 bits per heavy atom. The van der Waals surface area contributed by atoms with Crippen LogP contribution in [0.25, 0.3) is 0 Å². The van der Waals surface area contributed by atoms with E-state index in [0.29, 0.717) is 17.4 Å². The lowest BCUT2D eigenvalue weighted by Crippen LogP contribution is -2.29. The smallest absolute Gasteiger partial charge is 0.134 e. The summed E-state index contributed by atoms with van der Waals surface area (Å²) < 4.78 is 5.59. The molecule has 1 N–H and O–H groups in total. The molecule has 0 aliphatic carbocycles. The molecule has 0 radical (unpaired) electrons. The van der Waals surface area contributed by atoms with E-state index in [-0.39, 0.29) is 5.75 Å². The Balaban J connectivity index is 1.68. The molecule has 0 saturated heterocycles. The van der Waals surface area contributed by atoms with Gasteiger partial charge in [0, 0.05) is 25.7 Å². The van der Waals surface area contributed by atoms with Crippen molar-refractivity contribution in [2.75, 3.05) is 26.2 Å². The SMILES string of the molecule is Oc1ccc(OCCCN2CC=CCC2)cc1Cl. The molecule has 1 heterocycles. The van der Waals surface area contributed by atoms with E-state index >= 15 is 0 Å². The predicted molar refractivity (Wildman–Crippen MR) is 73.4 cm³/mol. The van der Waals surface area contributed by atoms with Crippen molar-refractivity contribution in [3.05, 3.63) is 35.4 Å². The first-order valence-corrected chi connectivity index (χ1v) is 6.62. The van der Waals surface area contributed by atoms with Gasteiger partial charge in [0.1, 0.15) is 11.5 Å². The summed E-state index contributed by atoms with van der Waals surface area (Å²) in [5.74, 6) is 0.792. The van der Waals surface area contributed by atoms with Crippen LogP contribution in [0.3, 0.4) is 0 Å². The maximum Gasteiger partial charge on any atom is 0.134 e. The van der Waals surface area contributed by atoms with Crippen LogP contribution >= 0.6 is 11.6 Å². The Bertz CT molecular complexity index is 420. The summed E-state index contributed by atoms with van der Waals surface area (Å²) in [4.78, 5) is 2.41. The summed E-state index contributed by atoms with van der Waals surface area (Å²) in [6.45, 7) is 3.91. The van der Waals surface area contributed by atoms with Gasteiger partial charge in [-0.3, -0.25) is 4.90 Å². The van der Waals surface area contributed by atoms with Gasteiger partial charge in [-0.25, -0.2) is 0 Å². The molecule has 0 saturated carbocycles. The molecule has 1 aliphatic rings. The van der Waals surface area contributed by atoms with E-state index < -0.39 is 0 Å². The molecule has 18 heavy (non-hydrogen) atoms. The summed E-state index contributed by atoms with van der Waals surface area (Å²) >= 11 is 5.80. The zero-order valence-corrected chi connectivity index (χ0v) is 11.1. The number of phenols is 1. The molecule has 2 rings (SSSR count). The van der Waals surface area contributed by atoms with Gasteiger partial charge in [0.25, 0.3) is 0 Å². The van der Waals surface area contributed by atoms with Crippen molar-refractivity contribution >= 4 is 11.6 Å². The minimum atomic E-state index is 0.0871. The highest BCUT2D eigenvalue weighted by Crippen LogP contribution is 2.27. The highest BCUT2D eigenvalue weighted by Gasteiger charge is 2.05. The third-order valence-corrected chi connectivity index (χ3v) is 3.25. The standard InChI is InChI=1S/C14H18ClNO2/c15-13-11-12(5-6-14(13)17)18-10-4-9-16-7-2-1-3-8-16/h1-2,5-6,11,17H,3-4,7-10H2. The fraction of sp³-hybridized carbons (Fsp3) is 0.429. The van der Waals surface area contributed by atoms with Crippen molar-refractivity contribution in [3.63, 3.8) is 0 Å². The van der Waals surface area contributed by atoms with E-state index in [1.165, 1.54) is 0 Å². The monoisotopic (exact) mass is 267 g/mol. The average Bonchev–Trinajstić information content (AvgIpc) is 2.40. The second kappa shape index (κ2) is 6.66. The summed E-state index contributed by atoms with van der Waals surface area (Å²) in [6, 6.07) is 4.92. The van der Waals surface area contributed by atoms with Gasteiger partial charge in [0.05, 0.1) is 11.6 Å². The van der Waals surface area contributed by atoms with Gasteiger partial charge in [0.2, 0.25) is 0 Å². The molecular formula is C14H18ClNO2. The number of halogens is 1. The highest BCUT2D eigenvalue weighted by atomic mass is 35.5. The third-order valence-electron chi connectivity index (χ3n) is 2.95. The van der Waals surface area contributed by atoms with Gasteiger partial charge in [-0.2, -0.15) is 0 Å². The second-order valence-electron chi connectivity index (χ2n) is 4.38. The van der Waals surface area contributed by atoms with Gasteiger partial charge in [-0.05, 0) is 25.0 Å². The minimum absolute atomic E-state index is 0.0871. The number of phenolic OH excluding ortho intramolecular Hbond substituents is 1. The van der Waals surface area contributed by atoms with E-state index in [2.05, 4.69) is 17.1 Å². The Labute approximate surface area is 113 Å². The van der Waals surface area contributed by atoms with Crippen molar-refractivity contribution in [3.8, 4) is 11.5 Å². The first-order valence-electron chi connectivity index (χ1n) is 6.24. The number of hydrogen-bond donors (Lipinski definition) is 1. The molecule has 0 atom stereocenters. The van der Waals surface area contributed by atoms with Crippen LogP contribution < -0.4 is 4.74 Å². The van der Waals surface area contributed by atoms with Crippen LogP contribution in [0, 0.1) is 0 Å². The van der Waals surface area contributed by atoms with E-state index in [0.717, 1.165) is 32.5 Å². The van der Waals surface area contributed by atoms with Gasteiger partial charge >= 0.3 is 0 Å². The lowest BCUT2D eigenvalue weighted by molar-refractivity contribution is 0.247. The van der Waals surface area contributed by atoms with E-state index in [4.69, 9.17) is 16.3 Å². The van der Waals surface area contributed by atoms with Crippen LogP contribution in [-0.4, -0.2) is 36.2 Å². The summed E-state index contributed by atoms with van der Waals surface area (Å²) in [5, 5.41) is 9.61. The van der Waals surface area contributed by atoms with Crippen molar-refractivity contribution in [2.24, 2.45) is 0 Å². The van der Waals surface area contributed by atoms with Crippen LogP contribution in [-0.2, 0) is 0 Å². The Morgan fingerprint density at radius 3 is 2.94 bits per heavy atom. The predicted octanol–water partition coefficient (Wildman–Crippen LogP) is 3.08. The van der Waals surface area contributed by atoms with Crippen molar-refractivity contribution < 1.29 is 9.84 Å². The molecule has 3 nitrogen and oxygen atoms in total. The largest absolute Gasteiger partial charge is 0.506 e. The second-order valence-corrected chi connectivity index (χ2v) is 4.78. The molecule has 0 spiro atoms. The number of rotatable bonds is 5. The molecule has 98 valence electrons. The van der Waals surface area contributed by atoms with Gasteiger partial charge in [-0.15, -0.1) is 0 Å². The van der Waals surface area contributed by atoms with Crippen molar-refractivity contribution in [2.45, 2.75) is 12.8 Å². The molecule has 4 heteroatoms. The third kappa shape index (κ3) is 3.93. The topological polar surface area (TPSA) is 32.7 Å². The Morgan fingerprint density at radius 2 is 2.22 bits per heavy atom. The van der Waals surface area contributed by atoms with Gasteiger partial charge in [0.15, 0.2) is 0 Å². The van der Waals surface area contributed by atoms with Crippen LogP contribution in [0.4, 0.5) is 0 Å². The fourth-order valence-electron chi connectivity index (χ4n) is 1.95. The summed E-state index contributed by atoms with van der Waals surface area (Å²) in [5.41, 5.74) is 0. The minimum Gasteiger partial charge on any atom is -0.506 e. The fourth-order valence-corrected chi connectivity index (χ4v) is 2.12. The van der Waals surface area contributed by atoms with E-state index in [9.17, 15) is 5.11 Å². The van der Waals surface area contributed by atoms with Crippen molar-refractivity contribution in [1.82, 2.24) is 4.90 Å². The zero-order chi connectivity index (χ0) is 12.8. The quantitative estimate of drug-likeness (QED) is 0.657. The number of nitrogens with zero attached hydrogens (tertiary/aromatic N) is 1. The Kier molecular flexibility index (Phi) is 4.90. The highest BCUT2D eigenvalue weighted by molar-refractivity contribution is 6.32. The lowest BCUT2D eigenvalue weighted by Gasteiger charge is -2.22. The molecule has 0 unspecified atom stereocenters. The van der Waals surface area contributed by atoms with E-state index in [1.54, 1.807) is 18.2 Å². The molecular weight excluding hydrogens is 250 g/mol. The van der Waals surface area contributed by atoms with Crippen LogP contribution in [0.2, 0.25) is 5.02 Å². The Hall–Kier alpha value is -1.19. The molecule has 1 aromatic rings. The molecule has 1 aromatic carbocycles. The first-order chi connectivity index (χ1) is 8.75. The van der Waals surface area contributed by atoms with E-state index in [1.807, 2.05) is 0 Å². The first kappa shape index (κ1) is 13.2. The lowest BCUT2D eigenvalue weighted by atomic mass is 10.2. The molecule has 1 aliphatic heterocycles. The molecule has 0 bridgehead atoms. The number of benzene rings is 1. The number of hydrogen-bond acceptors (Lipinski definition) is 3. The zero-order valence-electron chi connectivity index (χ0n) is 10.3. The van der Waals surface area contributed by atoms with Gasteiger partial charge in [-0.1, -0.05) is 23.8 Å². The number of ether oxygens (including phenoxy) is 1. The average molecular weight is 268 g/mol. The number of aromatic hydroxyl groups is 1. The maximum absolute atomic E-state index is 9.28.